The lowest BCUT2D eigenvalue weighted by molar-refractivity contribution is 0.0741. The van der Waals surface area contributed by atoms with Crippen LogP contribution in [0, 0.1) is 11.6 Å². The number of sulfonamides is 1. The van der Waals surface area contributed by atoms with Crippen molar-refractivity contribution in [2.45, 2.75) is 18.7 Å². The highest BCUT2D eigenvalue weighted by Gasteiger charge is 2.28. The first-order valence-corrected chi connectivity index (χ1v) is 11.8. The Morgan fingerprint density at radius 2 is 1.69 bits per heavy atom. The first kappa shape index (κ1) is 23.9. The van der Waals surface area contributed by atoms with E-state index in [1.165, 1.54) is 22.4 Å². The molecule has 0 bridgehead atoms. The average Bonchev–Trinajstić information content (AvgIpc) is 2.80. The van der Waals surface area contributed by atoms with Crippen molar-refractivity contribution < 1.29 is 26.7 Å². The number of nitrogens with zero attached hydrogens (tertiary/aromatic N) is 3. The number of benzene rings is 2. The van der Waals surface area contributed by atoms with Gasteiger partial charge < -0.3 is 14.5 Å². The molecule has 0 saturated carbocycles. The van der Waals surface area contributed by atoms with Crippen LogP contribution in [0.4, 0.5) is 14.5 Å². The predicted octanol–water partition coefficient (Wildman–Crippen LogP) is 2.97. The largest absolute Gasteiger partial charge is 0.495 e. The molecule has 0 unspecified atom stereocenters. The molecule has 0 radical (unpaired) electrons. The van der Waals surface area contributed by atoms with E-state index < -0.39 is 27.6 Å². The fourth-order valence-electron chi connectivity index (χ4n) is 3.77. The number of piperazine rings is 1. The molecule has 10 heteroatoms. The average molecular weight is 468 g/mol. The molecule has 1 saturated heterocycles. The van der Waals surface area contributed by atoms with Crippen molar-refractivity contribution >= 4 is 21.6 Å². The standard InChI is InChI=1S/C22H27F2N3O4S/c1-4-27(5-2)32(29,30)17-7-9-21(31-3)20(15-17)25-10-12-26(13-11-25)22(28)18-14-16(23)6-8-19(18)24/h6-9,14-15H,4-5,10-13H2,1-3H3. The molecule has 1 aliphatic heterocycles. The maximum absolute atomic E-state index is 14.0. The molecule has 0 spiro atoms. The Labute approximate surface area is 187 Å². The monoisotopic (exact) mass is 467 g/mol. The topological polar surface area (TPSA) is 70.2 Å². The summed E-state index contributed by atoms with van der Waals surface area (Å²) >= 11 is 0. The summed E-state index contributed by atoms with van der Waals surface area (Å²) in [6.07, 6.45) is 0. The normalized spacial score (nSPS) is 14.7. The van der Waals surface area contributed by atoms with Crippen LogP contribution in [0.1, 0.15) is 24.2 Å². The second-order valence-corrected chi connectivity index (χ2v) is 9.26. The van der Waals surface area contributed by atoms with Gasteiger partial charge in [-0.25, -0.2) is 17.2 Å². The summed E-state index contributed by atoms with van der Waals surface area (Å²) in [5, 5.41) is 0. The van der Waals surface area contributed by atoms with Gasteiger partial charge in [0.05, 0.1) is 23.3 Å². The number of rotatable bonds is 7. The molecule has 3 rings (SSSR count). The summed E-state index contributed by atoms with van der Waals surface area (Å²) in [6, 6.07) is 7.51. The molecule has 0 N–H and O–H groups in total. The minimum atomic E-state index is -3.65. The lowest BCUT2D eigenvalue weighted by Gasteiger charge is -2.37. The number of hydrogen-bond donors (Lipinski definition) is 0. The van der Waals surface area contributed by atoms with Crippen molar-refractivity contribution in [3.05, 3.63) is 53.6 Å². The summed E-state index contributed by atoms with van der Waals surface area (Å²) in [7, 11) is -2.14. The summed E-state index contributed by atoms with van der Waals surface area (Å²) < 4.78 is 60.1. The number of carbonyl (C=O) groups excluding carboxylic acids is 1. The molecule has 2 aromatic rings. The summed E-state index contributed by atoms with van der Waals surface area (Å²) in [5.41, 5.74) is 0.299. The van der Waals surface area contributed by atoms with E-state index in [1.54, 1.807) is 26.0 Å². The first-order chi connectivity index (χ1) is 15.2. The van der Waals surface area contributed by atoms with E-state index in [0.29, 0.717) is 37.6 Å². The quantitative estimate of drug-likeness (QED) is 0.626. The van der Waals surface area contributed by atoms with Gasteiger partial charge in [0, 0.05) is 39.3 Å². The molecule has 1 fully saturated rings. The van der Waals surface area contributed by atoms with E-state index in [-0.39, 0.29) is 23.5 Å². The van der Waals surface area contributed by atoms with Gasteiger partial charge in [0.25, 0.3) is 5.91 Å². The number of hydrogen-bond acceptors (Lipinski definition) is 5. The van der Waals surface area contributed by atoms with Gasteiger partial charge in [-0.15, -0.1) is 0 Å². The van der Waals surface area contributed by atoms with E-state index in [1.807, 2.05) is 4.90 Å². The van der Waals surface area contributed by atoms with Gasteiger partial charge in [-0.05, 0) is 36.4 Å². The first-order valence-electron chi connectivity index (χ1n) is 10.4. The summed E-state index contributed by atoms with van der Waals surface area (Å²) in [4.78, 5) is 16.2. The molecule has 32 heavy (non-hydrogen) atoms. The lowest BCUT2D eigenvalue weighted by atomic mass is 10.1. The van der Waals surface area contributed by atoms with E-state index in [2.05, 4.69) is 0 Å². The Kier molecular flexibility index (Phi) is 7.35. The van der Waals surface area contributed by atoms with Crippen molar-refractivity contribution in [3.63, 3.8) is 0 Å². The Balaban J connectivity index is 1.81. The SMILES string of the molecule is CCN(CC)S(=O)(=O)c1ccc(OC)c(N2CCN(C(=O)c3cc(F)ccc3F)CC2)c1. The molecule has 174 valence electrons. The van der Waals surface area contributed by atoms with Gasteiger partial charge >= 0.3 is 0 Å². The summed E-state index contributed by atoms with van der Waals surface area (Å²) in [5.74, 6) is -1.51. The van der Waals surface area contributed by atoms with Crippen molar-refractivity contribution in [2.75, 3.05) is 51.3 Å². The molecule has 1 aliphatic rings. The Bertz CT molecular complexity index is 1080. The highest BCUT2D eigenvalue weighted by molar-refractivity contribution is 7.89. The van der Waals surface area contributed by atoms with E-state index in [0.717, 1.165) is 18.2 Å². The van der Waals surface area contributed by atoms with Crippen molar-refractivity contribution in [2.24, 2.45) is 0 Å². The van der Waals surface area contributed by atoms with Crippen molar-refractivity contribution in [1.82, 2.24) is 9.21 Å². The van der Waals surface area contributed by atoms with Gasteiger partial charge in [0.2, 0.25) is 10.0 Å². The number of anilines is 1. The van der Waals surface area contributed by atoms with Gasteiger partial charge in [0.15, 0.2) is 0 Å². The Morgan fingerprint density at radius 1 is 1.03 bits per heavy atom. The van der Waals surface area contributed by atoms with Crippen molar-refractivity contribution in [1.29, 1.82) is 0 Å². The van der Waals surface area contributed by atoms with Crippen LogP contribution < -0.4 is 9.64 Å². The second kappa shape index (κ2) is 9.83. The lowest BCUT2D eigenvalue weighted by Crippen LogP contribution is -2.49. The molecule has 0 atom stereocenters. The van der Waals surface area contributed by atoms with Crippen molar-refractivity contribution in [3.8, 4) is 5.75 Å². The molecule has 2 aromatic carbocycles. The minimum absolute atomic E-state index is 0.164. The molecule has 1 heterocycles. The van der Waals surface area contributed by atoms with Crippen LogP contribution in [0.25, 0.3) is 0 Å². The third-order valence-electron chi connectivity index (χ3n) is 5.56. The van der Waals surface area contributed by atoms with E-state index in [9.17, 15) is 22.0 Å². The third-order valence-corrected chi connectivity index (χ3v) is 7.61. The van der Waals surface area contributed by atoms with Crippen LogP contribution in [-0.4, -0.2) is 69.9 Å². The van der Waals surface area contributed by atoms with Gasteiger partial charge in [0.1, 0.15) is 17.4 Å². The highest BCUT2D eigenvalue weighted by atomic mass is 32.2. The zero-order chi connectivity index (χ0) is 23.5. The van der Waals surface area contributed by atoms with E-state index >= 15 is 0 Å². The second-order valence-electron chi connectivity index (χ2n) is 7.33. The van der Waals surface area contributed by atoms with Crippen LogP contribution in [0.3, 0.4) is 0 Å². The minimum Gasteiger partial charge on any atom is -0.495 e. The molecule has 7 nitrogen and oxygen atoms in total. The van der Waals surface area contributed by atoms with Gasteiger partial charge in [-0.2, -0.15) is 4.31 Å². The maximum Gasteiger partial charge on any atom is 0.257 e. The maximum atomic E-state index is 14.0. The fourth-order valence-corrected chi connectivity index (χ4v) is 5.25. The summed E-state index contributed by atoms with van der Waals surface area (Å²) in [6.45, 7) is 5.58. The third kappa shape index (κ3) is 4.71. The Hall–Kier alpha value is -2.72. The number of amides is 1. The predicted molar refractivity (Wildman–Crippen MR) is 118 cm³/mol. The van der Waals surface area contributed by atoms with Gasteiger partial charge in [-0.1, -0.05) is 13.8 Å². The smallest absolute Gasteiger partial charge is 0.257 e. The van der Waals surface area contributed by atoms with E-state index in [4.69, 9.17) is 4.74 Å². The molecular formula is C22H27F2N3O4S. The van der Waals surface area contributed by atoms with Crippen LogP contribution in [-0.2, 0) is 10.0 Å². The zero-order valence-corrected chi connectivity index (χ0v) is 19.2. The number of methoxy groups -OCH3 is 1. The van der Waals surface area contributed by atoms with Crippen LogP contribution in [0.5, 0.6) is 5.75 Å². The van der Waals surface area contributed by atoms with Crippen LogP contribution in [0.2, 0.25) is 0 Å². The van der Waals surface area contributed by atoms with Crippen LogP contribution >= 0.6 is 0 Å². The highest BCUT2D eigenvalue weighted by Crippen LogP contribution is 2.33. The van der Waals surface area contributed by atoms with Crippen LogP contribution in [0.15, 0.2) is 41.3 Å². The number of ether oxygens (including phenoxy) is 1. The number of halogens is 2. The number of carbonyl (C=O) groups is 1. The molecule has 1 amide bonds. The molecular weight excluding hydrogens is 440 g/mol. The Morgan fingerprint density at radius 3 is 2.28 bits per heavy atom. The molecule has 0 aliphatic carbocycles. The fraction of sp³-hybridized carbons (Fsp3) is 0.409. The van der Waals surface area contributed by atoms with Gasteiger partial charge in [-0.3, -0.25) is 4.79 Å². The molecule has 0 aromatic heterocycles. The zero-order valence-electron chi connectivity index (χ0n) is 18.3.